The van der Waals surface area contributed by atoms with Crippen molar-refractivity contribution < 1.29 is 14.4 Å². The number of nitrogens with zero attached hydrogens (tertiary/aromatic N) is 1. The summed E-state index contributed by atoms with van der Waals surface area (Å²) < 4.78 is 0. The molecule has 5 nitrogen and oxygen atoms in total. The van der Waals surface area contributed by atoms with Crippen LogP contribution in [0.1, 0.15) is 49.5 Å². The smallest absolute Gasteiger partial charge is 0.261 e. The van der Waals surface area contributed by atoms with Gasteiger partial charge in [-0.3, -0.25) is 19.3 Å². The van der Waals surface area contributed by atoms with E-state index in [1.807, 2.05) is 37.3 Å². The topological polar surface area (TPSA) is 66.5 Å². The molecular weight excluding hydrogens is 304 g/mol. The van der Waals surface area contributed by atoms with E-state index >= 15 is 0 Å². The Labute approximate surface area is 140 Å². The summed E-state index contributed by atoms with van der Waals surface area (Å²) in [5.41, 5.74) is 2.16. The van der Waals surface area contributed by atoms with E-state index in [2.05, 4.69) is 5.32 Å². The fraction of sp³-hybridized carbons (Fsp3) is 0.211. The number of fused-ring (bicyclic) bond motifs is 1. The molecule has 2 aromatic carbocycles. The molecule has 0 saturated heterocycles. The van der Waals surface area contributed by atoms with Crippen molar-refractivity contribution in [2.24, 2.45) is 0 Å². The van der Waals surface area contributed by atoms with E-state index in [-0.39, 0.29) is 29.2 Å². The number of carbonyl (C=O) groups is 3. The summed E-state index contributed by atoms with van der Waals surface area (Å²) in [5.74, 6) is -0.781. The Kier molecular flexibility index (Phi) is 4.16. The van der Waals surface area contributed by atoms with E-state index in [4.69, 9.17) is 0 Å². The summed E-state index contributed by atoms with van der Waals surface area (Å²) in [6.07, 6.45) is 0. The predicted molar refractivity (Wildman–Crippen MR) is 90.1 cm³/mol. The molecule has 2 aromatic rings. The lowest BCUT2D eigenvalue weighted by atomic mass is 10.0. The van der Waals surface area contributed by atoms with E-state index in [1.165, 1.54) is 19.2 Å². The van der Waals surface area contributed by atoms with Gasteiger partial charge in [0.2, 0.25) is 0 Å². The molecular formula is C19H18N2O3. The van der Waals surface area contributed by atoms with Crippen molar-refractivity contribution in [3.05, 3.63) is 70.8 Å². The Morgan fingerprint density at radius 2 is 1.71 bits per heavy atom. The first-order valence-electron chi connectivity index (χ1n) is 7.78. The Morgan fingerprint density at radius 3 is 2.42 bits per heavy atom. The van der Waals surface area contributed by atoms with Gasteiger partial charge in [0.1, 0.15) is 0 Å². The molecule has 1 aliphatic rings. The molecule has 24 heavy (non-hydrogen) atoms. The van der Waals surface area contributed by atoms with Crippen LogP contribution in [0.3, 0.4) is 0 Å². The zero-order valence-corrected chi connectivity index (χ0v) is 13.6. The van der Waals surface area contributed by atoms with Crippen molar-refractivity contribution in [3.63, 3.8) is 0 Å². The molecule has 0 spiro atoms. The number of amides is 3. The van der Waals surface area contributed by atoms with Gasteiger partial charge in [-0.25, -0.2) is 0 Å². The van der Waals surface area contributed by atoms with E-state index in [0.717, 1.165) is 10.5 Å². The van der Waals surface area contributed by atoms with Gasteiger partial charge in [-0.1, -0.05) is 37.3 Å². The van der Waals surface area contributed by atoms with Crippen LogP contribution in [0.15, 0.2) is 48.5 Å². The molecule has 122 valence electrons. The lowest BCUT2D eigenvalue weighted by Gasteiger charge is -2.13. The van der Waals surface area contributed by atoms with E-state index in [9.17, 15) is 14.4 Å². The maximum Gasteiger partial charge on any atom is 0.261 e. The Hall–Kier alpha value is -2.95. The van der Waals surface area contributed by atoms with Gasteiger partial charge < -0.3 is 5.32 Å². The van der Waals surface area contributed by atoms with Crippen LogP contribution < -0.4 is 5.32 Å². The average molecular weight is 322 g/mol. The molecule has 1 N–H and O–H groups in total. The first-order valence-corrected chi connectivity index (χ1v) is 7.78. The van der Waals surface area contributed by atoms with Crippen molar-refractivity contribution in [2.75, 3.05) is 13.6 Å². The normalized spacial score (nSPS) is 14.5. The second-order valence-corrected chi connectivity index (χ2v) is 5.95. The monoisotopic (exact) mass is 322 g/mol. The van der Waals surface area contributed by atoms with E-state index in [0.29, 0.717) is 17.7 Å². The standard InChI is InChI=1S/C19H18N2O3/c1-12(13-6-4-3-5-7-13)11-20-17(22)14-8-9-15-16(10-14)19(24)21(2)18(15)23/h3-10,12H,11H2,1-2H3,(H,20,22)/t12-/m1/s1. The number of hydrogen-bond donors (Lipinski definition) is 1. The Bertz CT molecular complexity index is 815. The second-order valence-electron chi connectivity index (χ2n) is 5.95. The minimum atomic E-state index is -0.373. The van der Waals surface area contributed by atoms with Gasteiger partial charge in [-0.2, -0.15) is 0 Å². The summed E-state index contributed by atoms with van der Waals surface area (Å²) in [6.45, 7) is 2.53. The van der Waals surface area contributed by atoms with Crippen LogP contribution in [0.5, 0.6) is 0 Å². The molecule has 1 atom stereocenters. The molecule has 0 unspecified atom stereocenters. The van der Waals surface area contributed by atoms with Crippen LogP contribution in [0.2, 0.25) is 0 Å². The number of benzene rings is 2. The Morgan fingerprint density at radius 1 is 1.04 bits per heavy atom. The van der Waals surface area contributed by atoms with Gasteiger partial charge in [0.25, 0.3) is 17.7 Å². The maximum atomic E-state index is 12.3. The number of hydrogen-bond acceptors (Lipinski definition) is 3. The summed E-state index contributed by atoms with van der Waals surface area (Å²) >= 11 is 0. The number of nitrogens with one attached hydrogen (secondary N) is 1. The number of rotatable bonds is 4. The van der Waals surface area contributed by atoms with Crippen molar-refractivity contribution in [2.45, 2.75) is 12.8 Å². The summed E-state index contributed by atoms with van der Waals surface area (Å²) in [6, 6.07) is 14.5. The molecule has 0 bridgehead atoms. The third kappa shape index (κ3) is 2.80. The van der Waals surface area contributed by atoms with Crippen molar-refractivity contribution in [1.82, 2.24) is 10.2 Å². The molecule has 0 radical (unpaired) electrons. The summed E-state index contributed by atoms with van der Waals surface area (Å²) in [4.78, 5) is 37.3. The molecule has 0 aromatic heterocycles. The van der Waals surface area contributed by atoms with Gasteiger partial charge in [-0.05, 0) is 29.7 Å². The SMILES string of the molecule is C[C@H](CNC(=O)c1ccc2c(c1)C(=O)N(C)C2=O)c1ccccc1. The van der Waals surface area contributed by atoms with Crippen molar-refractivity contribution in [1.29, 1.82) is 0 Å². The molecule has 0 saturated carbocycles. The largest absolute Gasteiger partial charge is 0.351 e. The fourth-order valence-corrected chi connectivity index (χ4v) is 2.75. The highest BCUT2D eigenvalue weighted by Crippen LogP contribution is 2.22. The van der Waals surface area contributed by atoms with Crippen molar-refractivity contribution >= 4 is 17.7 Å². The third-order valence-corrected chi connectivity index (χ3v) is 4.29. The van der Waals surface area contributed by atoms with Gasteiger partial charge in [0.05, 0.1) is 11.1 Å². The lowest BCUT2D eigenvalue weighted by molar-refractivity contribution is 0.0693. The molecule has 3 rings (SSSR count). The lowest BCUT2D eigenvalue weighted by Crippen LogP contribution is -2.27. The number of imide groups is 1. The van der Waals surface area contributed by atoms with Crippen LogP contribution in [0.25, 0.3) is 0 Å². The molecule has 5 heteroatoms. The highest BCUT2D eigenvalue weighted by atomic mass is 16.2. The first-order chi connectivity index (χ1) is 11.5. The molecule has 1 aliphatic heterocycles. The molecule has 0 fully saturated rings. The van der Waals surface area contributed by atoms with Gasteiger partial charge in [0, 0.05) is 19.2 Å². The van der Waals surface area contributed by atoms with Crippen LogP contribution in [-0.2, 0) is 0 Å². The summed E-state index contributed by atoms with van der Waals surface area (Å²) in [5, 5.41) is 2.88. The van der Waals surface area contributed by atoms with Gasteiger partial charge in [0.15, 0.2) is 0 Å². The van der Waals surface area contributed by atoms with Gasteiger partial charge >= 0.3 is 0 Å². The minimum absolute atomic E-state index is 0.180. The Balaban J connectivity index is 1.71. The highest BCUT2D eigenvalue weighted by molar-refractivity contribution is 6.21. The second kappa shape index (κ2) is 6.28. The highest BCUT2D eigenvalue weighted by Gasteiger charge is 2.33. The van der Waals surface area contributed by atoms with Crippen LogP contribution in [0.4, 0.5) is 0 Å². The quantitative estimate of drug-likeness (QED) is 0.879. The van der Waals surface area contributed by atoms with Crippen LogP contribution >= 0.6 is 0 Å². The maximum absolute atomic E-state index is 12.3. The molecule has 3 amide bonds. The summed E-state index contributed by atoms with van der Waals surface area (Å²) in [7, 11) is 1.44. The molecule has 1 heterocycles. The van der Waals surface area contributed by atoms with Crippen LogP contribution in [0, 0.1) is 0 Å². The average Bonchev–Trinajstić information content (AvgIpc) is 2.84. The van der Waals surface area contributed by atoms with Crippen LogP contribution in [-0.4, -0.2) is 36.2 Å². The van der Waals surface area contributed by atoms with E-state index < -0.39 is 0 Å². The zero-order valence-electron chi connectivity index (χ0n) is 13.6. The first kappa shape index (κ1) is 15.9. The fourth-order valence-electron chi connectivity index (χ4n) is 2.75. The molecule has 0 aliphatic carbocycles. The predicted octanol–water partition coefficient (Wildman–Crippen LogP) is 2.45. The third-order valence-electron chi connectivity index (χ3n) is 4.29. The zero-order chi connectivity index (χ0) is 17.3. The number of carbonyl (C=O) groups excluding carboxylic acids is 3. The van der Waals surface area contributed by atoms with E-state index in [1.54, 1.807) is 6.07 Å². The van der Waals surface area contributed by atoms with Crippen molar-refractivity contribution in [3.8, 4) is 0 Å². The minimum Gasteiger partial charge on any atom is -0.351 e. The van der Waals surface area contributed by atoms with Gasteiger partial charge in [-0.15, -0.1) is 0 Å².